The summed E-state index contributed by atoms with van der Waals surface area (Å²) in [5, 5.41) is 0.238. The van der Waals surface area contributed by atoms with Crippen LogP contribution in [0.5, 0.6) is 0 Å². The average Bonchev–Trinajstić information content (AvgIpc) is 2.48. The van der Waals surface area contributed by atoms with E-state index in [0.717, 1.165) is 18.4 Å². The summed E-state index contributed by atoms with van der Waals surface area (Å²) < 4.78 is 10.2. The number of hydrogen-bond donors (Lipinski definition) is 0. The van der Waals surface area contributed by atoms with Crippen molar-refractivity contribution in [2.75, 3.05) is 12.9 Å². The normalized spacial score (nSPS) is 24.7. The van der Waals surface area contributed by atoms with Crippen LogP contribution in [0.1, 0.15) is 25.3 Å². The van der Waals surface area contributed by atoms with Gasteiger partial charge in [-0.25, -0.2) is 0 Å². The third kappa shape index (κ3) is 4.65. The zero-order valence-corrected chi connectivity index (χ0v) is 14.2. The van der Waals surface area contributed by atoms with Crippen LogP contribution in [0.2, 0.25) is 5.02 Å². The second-order valence-corrected chi connectivity index (χ2v) is 7.21. The van der Waals surface area contributed by atoms with E-state index in [4.69, 9.17) is 16.3 Å². The molecule has 0 spiro atoms. The predicted octanol–water partition coefficient (Wildman–Crippen LogP) is 3.25. The standard InChI is InChI=1S/C16H19ClO4S/c1-16(7-6-11-4-3-5-12(17)8-11)10-22-13(15(19)21-16)9-14(18)20-2/h3-5,8,13H,6-7,9-10H2,1-2H3. The van der Waals surface area contributed by atoms with Gasteiger partial charge in [-0.15, -0.1) is 11.8 Å². The largest absolute Gasteiger partial charge is 0.469 e. The molecule has 0 saturated carbocycles. The topological polar surface area (TPSA) is 52.6 Å². The Morgan fingerprint density at radius 3 is 2.95 bits per heavy atom. The molecule has 2 atom stereocenters. The summed E-state index contributed by atoms with van der Waals surface area (Å²) in [6, 6.07) is 7.67. The number of benzene rings is 1. The third-order valence-corrected chi connectivity index (χ3v) is 5.38. The minimum atomic E-state index is -0.517. The molecule has 1 aromatic carbocycles. The number of carbonyl (C=O) groups excluding carboxylic acids is 2. The number of aryl methyl sites for hydroxylation is 1. The first-order valence-electron chi connectivity index (χ1n) is 7.07. The fourth-order valence-electron chi connectivity index (χ4n) is 2.28. The van der Waals surface area contributed by atoms with Gasteiger partial charge in [-0.2, -0.15) is 0 Å². The zero-order valence-electron chi connectivity index (χ0n) is 12.6. The maximum atomic E-state index is 12.1. The Kier molecular flexibility index (Phi) is 5.75. The minimum Gasteiger partial charge on any atom is -0.469 e. The molecule has 0 N–H and O–H groups in total. The Balaban J connectivity index is 1.90. The summed E-state index contributed by atoms with van der Waals surface area (Å²) in [6.07, 6.45) is 1.56. The van der Waals surface area contributed by atoms with Crippen LogP contribution < -0.4 is 0 Å². The Morgan fingerprint density at radius 2 is 2.32 bits per heavy atom. The van der Waals surface area contributed by atoms with Crippen LogP contribution in [0.25, 0.3) is 0 Å². The van der Waals surface area contributed by atoms with E-state index in [0.29, 0.717) is 10.8 Å². The van der Waals surface area contributed by atoms with Gasteiger partial charge in [0, 0.05) is 10.8 Å². The molecule has 0 aliphatic carbocycles. The van der Waals surface area contributed by atoms with Crippen molar-refractivity contribution in [3.8, 4) is 0 Å². The summed E-state index contributed by atoms with van der Waals surface area (Å²) in [4.78, 5) is 23.3. The number of carbonyl (C=O) groups is 2. The lowest BCUT2D eigenvalue weighted by atomic mass is 9.98. The van der Waals surface area contributed by atoms with Crippen LogP contribution in [0.3, 0.4) is 0 Å². The maximum Gasteiger partial charge on any atom is 0.320 e. The highest BCUT2D eigenvalue weighted by Gasteiger charge is 2.39. The zero-order chi connectivity index (χ0) is 16.2. The number of esters is 2. The second kappa shape index (κ2) is 7.38. The van der Waals surface area contributed by atoms with Crippen molar-refractivity contribution < 1.29 is 19.1 Å². The van der Waals surface area contributed by atoms with Crippen molar-refractivity contribution in [1.29, 1.82) is 0 Å². The van der Waals surface area contributed by atoms with Gasteiger partial charge in [-0.3, -0.25) is 9.59 Å². The molecule has 6 heteroatoms. The second-order valence-electron chi connectivity index (χ2n) is 5.58. The smallest absolute Gasteiger partial charge is 0.320 e. The van der Waals surface area contributed by atoms with Gasteiger partial charge in [-0.05, 0) is 37.5 Å². The highest BCUT2D eigenvalue weighted by Crippen LogP contribution is 2.34. The lowest BCUT2D eigenvalue weighted by Crippen LogP contribution is -2.44. The maximum absolute atomic E-state index is 12.1. The van der Waals surface area contributed by atoms with Gasteiger partial charge in [0.15, 0.2) is 0 Å². The first-order valence-corrected chi connectivity index (χ1v) is 8.50. The van der Waals surface area contributed by atoms with Gasteiger partial charge in [-0.1, -0.05) is 23.7 Å². The number of cyclic esters (lactones) is 1. The van der Waals surface area contributed by atoms with Gasteiger partial charge < -0.3 is 9.47 Å². The number of ether oxygens (including phenoxy) is 2. The summed E-state index contributed by atoms with van der Waals surface area (Å²) >= 11 is 7.43. The number of thioether (sulfide) groups is 1. The van der Waals surface area contributed by atoms with Gasteiger partial charge in [0.25, 0.3) is 0 Å². The molecule has 1 aromatic rings. The minimum absolute atomic E-state index is 0.0599. The molecule has 0 amide bonds. The van der Waals surface area contributed by atoms with E-state index < -0.39 is 16.8 Å². The molecular formula is C16H19ClO4S. The van der Waals surface area contributed by atoms with E-state index in [2.05, 4.69) is 4.74 Å². The van der Waals surface area contributed by atoms with Crippen LogP contribution >= 0.6 is 23.4 Å². The SMILES string of the molecule is COC(=O)CC1SCC(C)(CCc2cccc(Cl)c2)OC1=O. The first kappa shape index (κ1) is 17.2. The van der Waals surface area contributed by atoms with Crippen LogP contribution in [0.15, 0.2) is 24.3 Å². The van der Waals surface area contributed by atoms with Crippen molar-refractivity contribution in [2.24, 2.45) is 0 Å². The molecule has 1 fully saturated rings. The molecule has 0 radical (unpaired) electrons. The molecular weight excluding hydrogens is 324 g/mol. The van der Waals surface area contributed by atoms with Crippen LogP contribution in [-0.2, 0) is 25.5 Å². The molecule has 4 nitrogen and oxygen atoms in total. The van der Waals surface area contributed by atoms with Crippen molar-refractivity contribution in [1.82, 2.24) is 0 Å². The Hall–Kier alpha value is -1.20. The number of halogens is 1. The Morgan fingerprint density at radius 1 is 1.55 bits per heavy atom. The lowest BCUT2D eigenvalue weighted by Gasteiger charge is -2.36. The highest BCUT2D eigenvalue weighted by molar-refractivity contribution is 8.00. The van der Waals surface area contributed by atoms with E-state index in [9.17, 15) is 9.59 Å². The van der Waals surface area contributed by atoms with E-state index >= 15 is 0 Å². The van der Waals surface area contributed by atoms with E-state index in [-0.39, 0.29) is 12.4 Å². The van der Waals surface area contributed by atoms with Gasteiger partial charge in [0.2, 0.25) is 0 Å². The Bertz CT molecular complexity index is 563. The molecule has 1 saturated heterocycles. The van der Waals surface area contributed by atoms with Crippen LogP contribution in [0, 0.1) is 0 Å². The molecule has 1 aliphatic rings. The summed E-state index contributed by atoms with van der Waals surface area (Å²) in [6.45, 7) is 1.93. The number of methoxy groups -OCH3 is 1. The molecule has 22 heavy (non-hydrogen) atoms. The molecule has 0 bridgehead atoms. The van der Waals surface area contributed by atoms with Crippen molar-refractivity contribution in [2.45, 2.75) is 37.0 Å². The lowest BCUT2D eigenvalue weighted by molar-refractivity contribution is -0.159. The summed E-state index contributed by atoms with van der Waals surface area (Å²) in [5.74, 6) is -0.0618. The van der Waals surface area contributed by atoms with Gasteiger partial charge in [0.05, 0.1) is 13.5 Å². The van der Waals surface area contributed by atoms with Gasteiger partial charge in [0.1, 0.15) is 10.9 Å². The number of hydrogen-bond acceptors (Lipinski definition) is 5. The monoisotopic (exact) mass is 342 g/mol. The summed E-state index contributed by atoms with van der Waals surface area (Å²) in [5.41, 5.74) is 0.600. The molecule has 0 aromatic heterocycles. The van der Waals surface area contributed by atoms with Crippen molar-refractivity contribution in [3.63, 3.8) is 0 Å². The van der Waals surface area contributed by atoms with Crippen LogP contribution in [-0.4, -0.2) is 35.7 Å². The first-order chi connectivity index (χ1) is 10.4. The van der Waals surface area contributed by atoms with Crippen molar-refractivity contribution in [3.05, 3.63) is 34.9 Å². The quantitative estimate of drug-likeness (QED) is 0.769. The van der Waals surface area contributed by atoms with E-state index in [1.807, 2.05) is 31.2 Å². The molecule has 1 heterocycles. The third-order valence-electron chi connectivity index (χ3n) is 3.61. The fraction of sp³-hybridized carbons (Fsp3) is 0.500. The fourth-order valence-corrected chi connectivity index (χ4v) is 3.69. The van der Waals surface area contributed by atoms with E-state index in [1.165, 1.54) is 18.9 Å². The van der Waals surface area contributed by atoms with Crippen LogP contribution in [0.4, 0.5) is 0 Å². The van der Waals surface area contributed by atoms with Gasteiger partial charge >= 0.3 is 11.9 Å². The molecule has 1 aliphatic heterocycles. The molecule has 2 rings (SSSR count). The Labute approximate surface area is 139 Å². The highest BCUT2D eigenvalue weighted by atomic mass is 35.5. The number of rotatable bonds is 5. The average molecular weight is 343 g/mol. The summed E-state index contributed by atoms with van der Waals surface area (Å²) in [7, 11) is 1.32. The predicted molar refractivity (Wildman–Crippen MR) is 87.1 cm³/mol. The molecule has 120 valence electrons. The molecule has 2 unspecified atom stereocenters. The van der Waals surface area contributed by atoms with Crippen molar-refractivity contribution >= 4 is 35.3 Å². The van der Waals surface area contributed by atoms with E-state index in [1.54, 1.807) is 0 Å².